The average Bonchev–Trinajstić information content (AvgIpc) is 3.67. The molecule has 2 aromatic heterocycles. The van der Waals surface area contributed by atoms with Crippen LogP contribution in [0.15, 0.2) is 67.3 Å². The number of nitrogens with zero attached hydrogens (tertiary/aromatic N) is 1. The second kappa shape index (κ2) is 15.0. The van der Waals surface area contributed by atoms with Crippen LogP contribution in [0.2, 0.25) is 0 Å². The zero-order chi connectivity index (χ0) is 32.5. The third-order valence-electron chi connectivity index (χ3n) is 7.39. The number of carboxylic acid groups (broad SMARTS) is 1. The molecular formula is C32H39N7O6. The second-order valence-corrected chi connectivity index (χ2v) is 11.5. The van der Waals surface area contributed by atoms with Gasteiger partial charge in [0.2, 0.25) is 17.7 Å². The van der Waals surface area contributed by atoms with Gasteiger partial charge in [-0.25, -0.2) is 9.78 Å². The molecule has 4 atom stereocenters. The molecule has 4 rings (SSSR count). The molecule has 9 N–H and O–H groups in total. The Morgan fingerprint density at radius 3 is 2.13 bits per heavy atom. The summed E-state index contributed by atoms with van der Waals surface area (Å²) >= 11 is 0. The summed E-state index contributed by atoms with van der Waals surface area (Å²) in [5.41, 5.74) is 9.22. The normalized spacial score (nSPS) is 14.0. The largest absolute Gasteiger partial charge is 0.508 e. The van der Waals surface area contributed by atoms with Crippen LogP contribution in [0.4, 0.5) is 0 Å². The standard InChI is InChI=1S/C32H39N7O6/c1-18(2)11-28(32(44)45)39-31(43)27(14-21-16-34-17-36-21)38-30(42)26(12-19-7-9-22(40)10-8-19)37-29(41)24(33)13-20-15-35-25-6-4-3-5-23(20)25/h3-10,15-18,24,26-28,35,40H,11-14,33H2,1-2H3,(H,34,36)(H,37,41)(H,38,42)(H,39,43)(H,44,45). The molecule has 4 aromatic rings. The number of hydrogen-bond acceptors (Lipinski definition) is 7. The molecule has 3 amide bonds. The molecule has 0 fully saturated rings. The Morgan fingerprint density at radius 1 is 0.844 bits per heavy atom. The predicted octanol–water partition coefficient (Wildman–Crippen LogP) is 1.54. The van der Waals surface area contributed by atoms with Gasteiger partial charge in [0.05, 0.1) is 12.4 Å². The SMILES string of the molecule is CC(C)CC(NC(=O)C(Cc1cnc[nH]1)NC(=O)C(Cc1ccc(O)cc1)NC(=O)C(N)Cc1c[nH]c2ccccc12)C(=O)O. The molecule has 2 aromatic carbocycles. The predicted molar refractivity (Wildman–Crippen MR) is 167 cm³/mol. The third kappa shape index (κ3) is 9.16. The molecule has 0 saturated heterocycles. The summed E-state index contributed by atoms with van der Waals surface area (Å²) in [5, 5.41) is 28.3. The number of H-pyrrole nitrogens is 2. The van der Waals surface area contributed by atoms with Gasteiger partial charge in [-0.3, -0.25) is 14.4 Å². The summed E-state index contributed by atoms with van der Waals surface area (Å²) in [4.78, 5) is 62.3. The number of aromatic amines is 2. The highest BCUT2D eigenvalue weighted by molar-refractivity contribution is 5.94. The van der Waals surface area contributed by atoms with E-state index in [9.17, 15) is 29.4 Å². The van der Waals surface area contributed by atoms with E-state index in [0.717, 1.165) is 16.5 Å². The van der Waals surface area contributed by atoms with E-state index >= 15 is 0 Å². The van der Waals surface area contributed by atoms with Crippen molar-refractivity contribution in [2.24, 2.45) is 11.7 Å². The summed E-state index contributed by atoms with van der Waals surface area (Å²) < 4.78 is 0. The monoisotopic (exact) mass is 617 g/mol. The van der Waals surface area contributed by atoms with Gasteiger partial charge in [0.15, 0.2) is 0 Å². The maximum atomic E-state index is 13.8. The van der Waals surface area contributed by atoms with E-state index in [2.05, 4.69) is 30.9 Å². The van der Waals surface area contributed by atoms with E-state index in [0.29, 0.717) is 11.3 Å². The molecule has 13 heteroatoms. The minimum atomic E-state index is -1.19. The molecule has 4 unspecified atom stereocenters. The average molecular weight is 618 g/mol. The van der Waals surface area contributed by atoms with Gasteiger partial charge in [-0.1, -0.05) is 44.2 Å². The highest BCUT2D eigenvalue weighted by Gasteiger charge is 2.31. The third-order valence-corrected chi connectivity index (χ3v) is 7.39. The molecule has 2 heterocycles. The number of fused-ring (bicyclic) bond motifs is 1. The second-order valence-electron chi connectivity index (χ2n) is 11.5. The number of carbonyl (C=O) groups is 4. The smallest absolute Gasteiger partial charge is 0.326 e. The van der Waals surface area contributed by atoms with Gasteiger partial charge in [0, 0.05) is 41.8 Å². The molecule has 0 spiro atoms. The van der Waals surface area contributed by atoms with Crippen LogP contribution in [0.5, 0.6) is 5.75 Å². The number of para-hydroxylation sites is 1. The summed E-state index contributed by atoms with van der Waals surface area (Å²) in [7, 11) is 0. The van der Waals surface area contributed by atoms with Crippen LogP contribution in [0, 0.1) is 5.92 Å². The molecule has 0 radical (unpaired) electrons. The Morgan fingerprint density at radius 2 is 1.49 bits per heavy atom. The summed E-state index contributed by atoms with van der Waals surface area (Å²) in [6.07, 6.45) is 5.14. The van der Waals surface area contributed by atoms with Crippen LogP contribution in [0.25, 0.3) is 10.9 Å². The highest BCUT2D eigenvalue weighted by Crippen LogP contribution is 2.19. The molecule has 13 nitrogen and oxygen atoms in total. The molecule has 45 heavy (non-hydrogen) atoms. The van der Waals surface area contributed by atoms with Crippen LogP contribution in [-0.2, 0) is 38.4 Å². The van der Waals surface area contributed by atoms with Crippen LogP contribution >= 0.6 is 0 Å². The van der Waals surface area contributed by atoms with Crippen molar-refractivity contribution in [2.75, 3.05) is 0 Å². The van der Waals surface area contributed by atoms with Gasteiger partial charge < -0.3 is 41.9 Å². The Bertz CT molecular complexity index is 1600. The first-order valence-corrected chi connectivity index (χ1v) is 14.7. The van der Waals surface area contributed by atoms with Crippen molar-refractivity contribution in [2.45, 2.75) is 63.7 Å². The number of nitrogens with one attached hydrogen (secondary N) is 5. The zero-order valence-corrected chi connectivity index (χ0v) is 25.1. The molecular weight excluding hydrogens is 578 g/mol. The van der Waals surface area contributed by atoms with Crippen molar-refractivity contribution in [3.05, 3.63) is 84.1 Å². The van der Waals surface area contributed by atoms with Crippen molar-refractivity contribution in [1.82, 2.24) is 30.9 Å². The number of aliphatic carboxylic acids is 1. The fraction of sp³-hybridized carbons (Fsp3) is 0.344. The van der Waals surface area contributed by atoms with E-state index in [1.807, 2.05) is 38.1 Å². The Hall–Kier alpha value is -5.17. The lowest BCUT2D eigenvalue weighted by Crippen LogP contribution is -2.58. The molecule has 0 aliphatic heterocycles. The number of aromatic hydroxyl groups is 1. The van der Waals surface area contributed by atoms with Crippen LogP contribution in [0.1, 0.15) is 37.1 Å². The molecule has 0 aliphatic carbocycles. The minimum Gasteiger partial charge on any atom is -0.508 e. The first-order valence-electron chi connectivity index (χ1n) is 14.7. The van der Waals surface area contributed by atoms with E-state index in [1.165, 1.54) is 24.7 Å². The van der Waals surface area contributed by atoms with Crippen LogP contribution in [0.3, 0.4) is 0 Å². The van der Waals surface area contributed by atoms with Crippen molar-refractivity contribution in [1.29, 1.82) is 0 Å². The lowest BCUT2D eigenvalue weighted by Gasteiger charge is -2.25. The number of aromatic nitrogens is 3. The molecule has 0 saturated carbocycles. The number of rotatable bonds is 15. The number of hydrogen-bond donors (Lipinski definition) is 8. The van der Waals surface area contributed by atoms with Gasteiger partial charge in [-0.15, -0.1) is 0 Å². The quantitative estimate of drug-likeness (QED) is 0.0977. The Kier molecular flexibility index (Phi) is 10.9. The fourth-order valence-corrected chi connectivity index (χ4v) is 5.05. The molecule has 238 valence electrons. The minimum absolute atomic E-state index is 0.00839. The number of carboxylic acids is 1. The first-order chi connectivity index (χ1) is 21.5. The van der Waals surface area contributed by atoms with Crippen LogP contribution in [-0.4, -0.2) is 73.0 Å². The lowest BCUT2D eigenvalue weighted by atomic mass is 10.0. The Balaban J connectivity index is 1.53. The highest BCUT2D eigenvalue weighted by atomic mass is 16.4. The van der Waals surface area contributed by atoms with E-state index in [4.69, 9.17) is 5.73 Å². The number of carbonyl (C=O) groups excluding carboxylic acids is 3. The number of amides is 3. The first kappa shape index (κ1) is 32.7. The number of nitrogens with two attached hydrogens (primary N) is 1. The van der Waals surface area contributed by atoms with Gasteiger partial charge in [0.25, 0.3) is 0 Å². The van der Waals surface area contributed by atoms with Crippen molar-refractivity contribution < 1.29 is 29.4 Å². The summed E-state index contributed by atoms with van der Waals surface area (Å²) in [6, 6.07) is 9.29. The molecule has 0 bridgehead atoms. The maximum absolute atomic E-state index is 13.8. The number of phenolic OH excluding ortho intramolecular Hbond substituents is 1. The lowest BCUT2D eigenvalue weighted by molar-refractivity contribution is -0.142. The van der Waals surface area contributed by atoms with Crippen molar-refractivity contribution in [3.63, 3.8) is 0 Å². The van der Waals surface area contributed by atoms with Crippen molar-refractivity contribution in [3.8, 4) is 5.75 Å². The Labute approximate surface area is 260 Å². The van der Waals surface area contributed by atoms with E-state index < -0.39 is 47.9 Å². The number of benzene rings is 2. The van der Waals surface area contributed by atoms with Gasteiger partial charge >= 0.3 is 5.97 Å². The van der Waals surface area contributed by atoms with Crippen LogP contribution < -0.4 is 21.7 Å². The van der Waals surface area contributed by atoms with Gasteiger partial charge in [0.1, 0.15) is 23.9 Å². The summed E-state index contributed by atoms with van der Waals surface area (Å²) in [6.45, 7) is 3.68. The molecule has 0 aliphatic rings. The zero-order valence-electron chi connectivity index (χ0n) is 25.1. The van der Waals surface area contributed by atoms with Crippen molar-refractivity contribution >= 4 is 34.6 Å². The van der Waals surface area contributed by atoms with Gasteiger partial charge in [-0.05, 0) is 48.1 Å². The number of imidazole rings is 1. The topological polar surface area (TPSA) is 215 Å². The number of phenols is 1. The van der Waals surface area contributed by atoms with E-state index in [1.54, 1.807) is 18.3 Å². The van der Waals surface area contributed by atoms with Gasteiger partial charge in [-0.2, -0.15) is 0 Å². The van der Waals surface area contributed by atoms with E-state index in [-0.39, 0.29) is 37.4 Å². The fourth-order valence-electron chi connectivity index (χ4n) is 5.05. The summed E-state index contributed by atoms with van der Waals surface area (Å²) in [5.74, 6) is -3.11. The maximum Gasteiger partial charge on any atom is 0.326 e.